The van der Waals surface area contributed by atoms with E-state index in [-0.39, 0.29) is 18.3 Å². The standard InChI is InChI=1S/C30H26BrFN2O3S/c1-36-25-16-21(31)15-20(28(25)37-18-19-11-13-22(32)14-12-19)17-33-30-27(24-9-5-6-10-26(24)38-30)29(35)34-23-7-3-2-4-8-23/h2-4,7-8,11-17H,5-6,9-10,18H2,1H3,(H,34,35). The molecule has 0 fully saturated rings. The van der Waals surface area contributed by atoms with Crippen LogP contribution < -0.4 is 14.8 Å². The Morgan fingerprint density at radius 1 is 1.11 bits per heavy atom. The van der Waals surface area contributed by atoms with Gasteiger partial charge in [0, 0.05) is 26.8 Å². The summed E-state index contributed by atoms with van der Waals surface area (Å²) in [5.74, 6) is 0.603. The summed E-state index contributed by atoms with van der Waals surface area (Å²) >= 11 is 5.11. The predicted molar refractivity (Wildman–Crippen MR) is 154 cm³/mol. The molecule has 0 unspecified atom stereocenters. The Morgan fingerprint density at radius 3 is 2.63 bits per heavy atom. The number of hydrogen-bond acceptors (Lipinski definition) is 5. The summed E-state index contributed by atoms with van der Waals surface area (Å²) in [6, 6.07) is 19.3. The number of hydrogen-bond donors (Lipinski definition) is 1. The summed E-state index contributed by atoms with van der Waals surface area (Å²) in [6.45, 7) is 0.233. The second-order valence-electron chi connectivity index (χ2n) is 8.91. The van der Waals surface area contributed by atoms with Crippen molar-refractivity contribution in [2.75, 3.05) is 12.4 Å². The molecule has 0 spiro atoms. The monoisotopic (exact) mass is 592 g/mol. The molecular weight excluding hydrogens is 567 g/mol. The van der Waals surface area contributed by atoms with Gasteiger partial charge in [-0.15, -0.1) is 11.3 Å². The van der Waals surface area contributed by atoms with E-state index in [2.05, 4.69) is 21.2 Å². The molecule has 0 saturated heterocycles. The van der Waals surface area contributed by atoms with Crippen molar-refractivity contribution in [3.05, 3.63) is 104 Å². The number of ether oxygens (including phenoxy) is 2. The molecule has 0 aliphatic heterocycles. The Hall–Kier alpha value is -3.49. The van der Waals surface area contributed by atoms with Crippen LogP contribution in [0.5, 0.6) is 11.5 Å². The average Bonchev–Trinajstić information content (AvgIpc) is 3.31. The molecule has 0 bridgehead atoms. The van der Waals surface area contributed by atoms with E-state index in [0.29, 0.717) is 27.6 Å². The molecule has 0 atom stereocenters. The molecule has 0 radical (unpaired) electrons. The van der Waals surface area contributed by atoms with Crippen molar-refractivity contribution in [2.45, 2.75) is 32.3 Å². The molecule has 5 nitrogen and oxygen atoms in total. The molecule has 3 aromatic carbocycles. The van der Waals surface area contributed by atoms with Gasteiger partial charge in [0.2, 0.25) is 0 Å². The SMILES string of the molecule is COc1cc(Br)cc(C=Nc2sc3c(c2C(=O)Nc2ccccc2)CCCC3)c1OCc1ccc(F)cc1. The molecule has 38 heavy (non-hydrogen) atoms. The number of methoxy groups -OCH3 is 1. The quantitative estimate of drug-likeness (QED) is 0.210. The molecule has 1 aliphatic carbocycles. The highest BCUT2D eigenvalue weighted by atomic mass is 79.9. The minimum atomic E-state index is -0.298. The molecule has 194 valence electrons. The maximum Gasteiger partial charge on any atom is 0.259 e. The van der Waals surface area contributed by atoms with Gasteiger partial charge in [0.05, 0.1) is 12.7 Å². The number of benzene rings is 3. The van der Waals surface area contributed by atoms with E-state index in [1.54, 1.807) is 36.8 Å². The van der Waals surface area contributed by atoms with Crippen LogP contribution in [0.3, 0.4) is 0 Å². The van der Waals surface area contributed by atoms with Crippen LogP contribution in [0.1, 0.15) is 44.8 Å². The highest BCUT2D eigenvalue weighted by molar-refractivity contribution is 9.10. The Labute approximate surface area is 233 Å². The fourth-order valence-electron chi connectivity index (χ4n) is 4.45. The first kappa shape index (κ1) is 26.1. The minimum Gasteiger partial charge on any atom is -0.493 e. The molecule has 0 saturated carbocycles. The van der Waals surface area contributed by atoms with Gasteiger partial charge in [0.25, 0.3) is 5.91 Å². The number of carbonyl (C=O) groups excluding carboxylic acids is 1. The molecule has 1 heterocycles. The molecular formula is C30H26BrFN2O3S. The highest BCUT2D eigenvalue weighted by Crippen LogP contribution is 2.41. The molecule has 1 N–H and O–H groups in total. The number of nitrogens with one attached hydrogen (secondary N) is 1. The smallest absolute Gasteiger partial charge is 0.259 e. The normalized spacial score (nSPS) is 12.8. The van der Waals surface area contributed by atoms with Crippen molar-refractivity contribution in [3.8, 4) is 11.5 Å². The second kappa shape index (κ2) is 11.9. The molecule has 1 amide bonds. The lowest BCUT2D eigenvalue weighted by molar-refractivity contribution is 0.102. The van der Waals surface area contributed by atoms with Crippen LogP contribution in [0.4, 0.5) is 15.1 Å². The first-order chi connectivity index (χ1) is 18.5. The van der Waals surface area contributed by atoms with E-state index in [4.69, 9.17) is 14.5 Å². The van der Waals surface area contributed by atoms with Gasteiger partial charge in [0.15, 0.2) is 11.5 Å². The number of amides is 1. The average molecular weight is 594 g/mol. The predicted octanol–water partition coefficient (Wildman–Crippen LogP) is 8.12. The van der Waals surface area contributed by atoms with Gasteiger partial charge in [-0.25, -0.2) is 9.38 Å². The van der Waals surface area contributed by atoms with Gasteiger partial charge < -0.3 is 14.8 Å². The topological polar surface area (TPSA) is 59.9 Å². The fraction of sp³-hybridized carbons (Fsp3) is 0.200. The Morgan fingerprint density at radius 2 is 1.87 bits per heavy atom. The van der Waals surface area contributed by atoms with Crippen molar-refractivity contribution in [1.82, 2.24) is 0 Å². The number of nitrogens with zero attached hydrogens (tertiary/aromatic N) is 1. The van der Waals surface area contributed by atoms with E-state index in [1.807, 2.05) is 42.5 Å². The number of halogens is 2. The number of anilines is 1. The van der Waals surface area contributed by atoms with Crippen molar-refractivity contribution in [3.63, 3.8) is 0 Å². The number of aryl methyl sites for hydroxylation is 1. The third-order valence-corrected chi connectivity index (χ3v) is 7.95. The van der Waals surface area contributed by atoms with E-state index >= 15 is 0 Å². The third-order valence-electron chi connectivity index (χ3n) is 6.30. The van der Waals surface area contributed by atoms with Gasteiger partial charge in [0.1, 0.15) is 17.4 Å². The van der Waals surface area contributed by atoms with Crippen LogP contribution in [0.15, 0.2) is 76.2 Å². The summed E-state index contributed by atoms with van der Waals surface area (Å²) in [4.78, 5) is 19.5. The fourth-order valence-corrected chi connectivity index (χ4v) is 6.13. The number of thiophene rings is 1. The van der Waals surface area contributed by atoms with E-state index < -0.39 is 0 Å². The van der Waals surface area contributed by atoms with Gasteiger partial charge in [-0.2, -0.15) is 0 Å². The molecule has 1 aliphatic rings. The van der Waals surface area contributed by atoms with Crippen LogP contribution >= 0.6 is 27.3 Å². The highest BCUT2D eigenvalue weighted by Gasteiger charge is 2.25. The number of para-hydroxylation sites is 1. The number of carbonyl (C=O) groups is 1. The van der Waals surface area contributed by atoms with Crippen LogP contribution in [-0.4, -0.2) is 19.2 Å². The Balaban J connectivity index is 1.48. The summed E-state index contributed by atoms with van der Waals surface area (Å²) in [7, 11) is 1.58. The van der Waals surface area contributed by atoms with Gasteiger partial charge >= 0.3 is 0 Å². The number of fused-ring (bicyclic) bond motifs is 1. The summed E-state index contributed by atoms with van der Waals surface area (Å²) < 4.78 is 25.8. The first-order valence-corrected chi connectivity index (χ1v) is 13.9. The number of rotatable bonds is 8. The lowest BCUT2D eigenvalue weighted by Gasteiger charge is -2.14. The van der Waals surface area contributed by atoms with Crippen LogP contribution in [0, 0.1) is 5.82 Å². The Bertz CT molecular complexity index is 1470. The Kier molecular flexibility index (Phi) is 8.20. The summed E-state index contributed by atoms with van der Waals surface area (Å²) in [5, 5.41) is 3.70. The maximum absolute atomic E-state index is 13.4. The molecule has 1 aromatic heterocycles. The molecule has 4 aromatic rings. The lowest BCUT2D eigenvalue weighted by atomic mass is 9.95. The summed E-state index contributed by atoms with van der Waals surface area (Å²) in [6.07, 6.45) is 5.71. The van der Waals surface area contributed by atoms with Gasteiger partial charge in [-0.05, 0) is 73.2 Å². The van der Waals surface area contributed by atoms with Gasteiger partial charge in [-0.1, -0.05) is 46.3 Å². The third kappa shape index (κ3) is 5.97. The van der Waals surface area contributed by atoms with Crippen LogP contribution in [0.2, 0.25) is 0 Å². The zero-order valence-corrected chi connectivity index (χ0v) is 23.2. The first-order valence-electron chi connectivity index (χ1n) is 12.3. The largest absolute Gasteiger partial charge is 0.493 e. The second-order valence-corrected chi connectivity index (χ2v) is 10.9. The minimum absolute atomic E-state index is 0.151. The lowest BCUT2D eigenvalue weighted by Crippen LogP contribution is -2.14. The van der Waals surface area contributed by atoms with Crippen LogP contribution in [0.25, 0.3) is 0 Å². The van der Waals surface area contributed by atoms with Crippen molar-refractivity contribution >= 4 is 50.1 Å². The van der Waals surface area contributed by atoms with E-state index in [0.717, 1.165) is 47.0 Å². The van der Waals surface area contributed by atoms with E-state index in [9.17, 15) is 9.18 Å². The van der Waals surface area contributed by atoms with Crippen molar-refractivity contribution < 1.29 is 18.7 Å². The van der Waals surface area contributed by atoms with Crippen molar-refractivity contribution in [1.29, 1.82) is 0 Å². The zero-order valence-electron chi connectivity index (χ0n) is 20.8. The molecule has 5 rings (SSSR count). The van der Waals surface area contributed by atoms with Gasteiger partial charge in [-0.3, -0.25) is 4.79 Å². The van der Waals surface area contributed by atoms with Crippen LogP contribution in [-0.2, 0) is 19.4 Å². The zero-order chi connectivity index (χ0) is 26.5. The van der Waals surface area contributed by atoms with E-state index in [1.165, 1.54) is 17.0 Å². The molecule has 8 heteroatoms. The maximum atomic E-state index is 13.4. The summed E-state index contributed by atoms with van der Waals surface area (Å²) in [5.41, 5.74) is 4.00. The number of aliphatic imine (C=N–C) groups is 1. The van der Waals surface area contributed by atoms with Crippen molar-refractivity contribution in [2.24, 2.45) is 4.99 Å².